The monoisotopic (exact) mass is 447 g/mol. The van der Waals surface area contributed by atoms with Crippen LogP contribution in [-0.4, -0.2) is 14.0 Å². The molecule has 1 heterocycles. The van der Waals surface area contributed by atoms with E-state index in [9.17, 15) is 8.42 Å². The van der Waals surface area contributed by atoms with E-state index in [1.54, 1.807) is 0 Å². The number of aryl methyl sites for hydroxylation is 2. The first kappa shape index (κ1) is 21.7. The van der Waals surface area contributed by atoms with E-state index >= 15 is 0 Å². The molecule has 0 amide bonds. The van der Waals surface area contributed by atoms with Crippen LogP contribution in [0.2, 0.25) is 0 Å². The molecule has 29 heavy (non-hydrogen) atoms. The SMILES string of the molecule is Cc1ccc(N=c2ssc(Nc3ccc(C)cc3)c2S(=O)(=O)NC(C)(C)C)cc1. The minimum Gasteiger partial charge on any atom is -0.345 e. The fraction of sp³-hybridized carbons (Fsp3) is 0.286. The number of sulfonamides is 1. The van der Waals surface area contributed by atoms with Crippen molar-refractivity contribution >= 4 is 47.1 Å². The Morgan fingerprint density at radius 2 is 1.41 bits per heavy atom. The highest BCUT2D eigenvalue weighted by molar-refractivity contribution is 7.90. The van der Waals surface area contributed by atoms with E-state index in [4.69, 9.17) is 0 Å². The maximum Gasteiger partial charge on any atom is 0.247 e. The average Bonchev–Trinajstić information content (AvgIpc) is 3.00. The summed E-state index contributed by atoms with van der Waals surface area (Å²) in [6.07, 6.45) is 0. The molecular weight excluding hydrogens is 422 g/mol. The van der Waals surface area contributed by atoms with Crippen molar-refractivity contribution < 1.29 is 8.42 Å². The van der Waals surface area contributed by atoms with Gasteiger partial charge in [0.1, 0.15) is 9.67 Å². The Hall–Kier alpha value is -2.00. The molecule has 0 bridgehead atoms. The summed E-state index contributed by atoms with van der Waals surface area (Å²) in [5.41, 5.74) is 3.22. The van der Waals surface area contributed by atoms with Gasteiger partial charge in [0.05, 0.1) is 5.69 Å². The van der Waals surface area contributed by atoms with Gasteiger partial charge >= 0.3 is 0 Å². The summed E-state index contributed by atoms with van der Waals surface area (Å²) in [5, 5.41) is 3.81. The lowest BCUT2D eigenvalue weighted by atomic mass is 10.1. The molecule has 0 spiro atoms. The zero-order valence-electron chi connectivity index (χ0n) is 17.1. The molecule has 0 radical (unpaired) electrons. The fourth-order valence-electron chi connectivity index (χ4n) is 2.60. The van der Waals surface area contributed by atoms with Crippen LogP contribution in [0.4, 0.5) is 16.4 Å². The number of anilines is 2. The summed E-state index contributed by atoms with van der Waals surface area (Å²) in [6.45, 7) is 9.49. The predicted octanol–water partition coefficient (Wildman–Crippen LogP) is 5.48. The summed E-state index contributed by atoms with van der Waals surface area (Å²) >= 11 is 0. The highest BCUT2D eigenvalue weighted by atomic mass is 32.9. The van der Waals surface area contributed by atoms with Crippen molar-refractivity contribution in [1.29, 1.82) is 0 Å². The molecule has 0 aliphatic heterocycles. The summed E-state index contributed by atoms with van der Waals surface area (Å²) in [5.74, 6) is 0. The van der Waals surface area contributed by atoms with Crippen LogP contribution in [0, 0.1) is 13.8 Å². The minimum atomic E-state index is -3.78. The van der Waals surface area contributed by atoms with Gasteiger partial charge in [0.25, 0.3) is 0 Å². The molecule has 3 rings (SSSR count). The maximum atomic E-state index is 13.2. The van der Waals surface area contributed by atoms with E-state index in [1.165, 1.54) is 20.7 Å². The Balaban J connectivity index is 2.12. The van der Waals surface area contributed by atoms with Crippen molar-refractivity contribution in [1.82, 2.24) is 4.72 Å². The van der Waals surface area contributed by atoms with Gasteiger partial charge in [-0.3, -0.25) is 0 Å². The summed E-state index contributed by atoms with van der Waals surface area (Å²) in [4.78, 5) is 4.81. The van der Waals surface area contributed by atoms with Gasteiger partial charge in [0.15, 0.2) is 4.90 Å². The van der Waals surface area contributed by atoms with Gasteiger partial charge in [-0.2, -0.15) is 0 Å². The lowest BCUT2D eigenvalue weighted by Crippen LogP contribution is -2.41. The summed E-state index contributed by atoms with van der Waals surface area (Å²) < 4.78 is 29.7. The Morgan fingerprint density at radius 3 is 1.97 bits per heavy atom. The molecule has 5 nitrogen and oxygen atoms in total. The third-order valence-electron chi connectivity index (χ3n) is 3.89. The predicted molar refractivity (Wildman–Crippen MR) is 123 cm³/mol. The first-order chi connectivity index (χ1) is 13.5. The normalized spacial score (nSPS) is 12.9. The second kappa shape index (κ2) is 8.39. The van der Waals surface area contributed by atoms with Crippen LogP contribution >= 0.6 is 20.7 Å². The Morgan fingerprint density at radius 1 is 0.862 bits per heavy atom. The van der Waals surface area contributed by atoms with Crippen molar-refractivity contribution in [2.75, 3.05) is 5.32 Å². The molecule has 0 saturated heterocycles. The van der Waals surface area contributed by atoms with Gasteiger partial charge in [-0.15, -0.1) is 0 Å². The topological polar surface area (TPSA) is 70.6 Å². The van der Waals surface area contributed by atoms with Crippen molar-refractivity contribution in [3.05, 3.63) is 64.3 Å². The van der Waals surface area contributed by atoms with Crippen LogP contribution in [0.15, 0.2) is 58.4 Å². The highest BCUT2D eigenvalue weighted by Crippen LogP contribution is 2.31. The third-order valence-corrected chi connectivity index (χ3v) is 8.20. The average molecular weight is 448 g/mol. The van der Waals surface area contributed by atoms with Crippen LogP contribution < -0.4 is 14.7 Å². The van der Waals surface area contributed by atoms with Crippen LogP contribution in [0.5, 0.6) is 0 Å². The molecule has 154 valence electrons. The molecule has 2 N–H and O–H groups in total. The lowest BCUT2D eigenvalue weighted by Gasteiger charge is -2.20. The quantitative estimate of drug-likeness (QED) is 0.509. The smallest absolute Gasteiger partial charge is 0.247 e. The van der Waals surface area contributed by atoms with Crippen molar-refractivity contribution in [3.63, 3.8) is 0 Å². The molecular formula is C21H25N3O2S3. The maximum absolute atomic E-state index is 13.2. The Bertz CT molecular complexity index is 1150. The van der Waals surface area contributed by atoms with E-state index in [1.807, 2.05) is 83.1 Å². The zero-order valence-corrected chi connectivity index (χ0v) is 19.6. The van der Waals surface area contributed by atoms with Gasteiger partial charge in [-0.1, -0.05) is 56.1 Å². The van der Waals surface area contributed by atoms with Gasteiger partial charge in [0, 0.05) is 11.2 Å². The molecule has 0 unspecified atom stereocenters. The van der Waals surface area contributed by atoms with Crippen molar-refractivity contribution in [2.24, 2.45) is 4.99 Å². The third kappa shape index (κ3) is 5.76. The van der Waals surface area contributed by atoms with E-state index in [2.05, 4.69) is 15.0 Å². The van der Waals surface area contributed by atoms with E-state index in [0.717, 1.165) is 22.5 Å². The summed E-state index contributed by atoms with van der Waals surface area (Å²) in [6, 6.07) is 15.5. The second-order valence-corrected chi connectivity index (χ2v) is 11.7. The zero-order chi connectivity index (χ0) is 21.2. The number of nitrogens with one attached hydrogen (secondary N) is 2. The lowest BCUT2D eigenvalue weighted by molar-refractivity contribution is 0.491. The molecule has 2 aromatic carbocycles. The highest BCUT2D eigenvalue weighted by Gasteiger charge is 2.28. The molecule has 0 saturated carbocycles. The van der Waals surface area contributed by atoms with Crippen LogP contribution in [0.1, 0.15) is 31.9 Å². The number of hydrogen-bond acceptors (Lipinski definition) is 6. The largest absolute Gasteiger partial charge is 0.345 e. The van der Waals surface area contributed by atoms with Crippen LogP contribution in [0.25, 0.3) is 0 Å². The Labute approximate surface area is 179 Å². The van der Waals surface area contributed by atoms with Crippen LogP contribution in [-0.2, 0) is 10.0 Å². The number of hydrogen-bond donors (Lipinski definition) is 2. The molecule has 0 aliphatic carbocycles. The molecule has 8 heteroatoms. The van der Waals surface area contributed by atoms with Gasteiger partial charge < -0.3 is 5.32 Å². The van der Waals surface area contributed by atoms with Crippen molar-refractivity contribution in [2.45, 2.75) is 45.1 Å². The van der Waals surface area contributed by atoms with Gasteiger partial charge in [-0.25, -0.2) is 18.1 Å². The summed E-state index contributed by atoms with van der Waals surface area (Å²) in [7, 11) is -1.07. The van der Waals surface area contributed by atoms with Gasteiger partial charge in [-0.05, 0) is 58.9 Å². The standard InChI is InChI=1S/C21H25N3O2S3/c1-14-6-10-16(11-7-14)22-19-18(29(25,26)24-21(3,4)5)20(28-27-19)23-17-12-8-15(2)9-13-17/h6-13,22,24H,1-5H3. The fourth-order valence-corrected chi connectivity index (χ4v) is 7.40. The number of nitrogens with zero attached hydrogens (tertiary/aromatic N) is 1. The molecule has 1 aromatic heterocycles. The first-order valence-electron chi connectivity index (χ1n) is 9.16. The van der Waals surface area contributed by atoms with Crippen molar-refractivity contribution in [3.8, 4) is 0 Å². The minimum absolute atomic E-state index is 0.184. The van der Waals surface area contributed by atoms with Gasteiger partial charge in [0.2, 0.25) is 10.0 Å². The van der Waals surface area contributed by atoms with E-state index in [0.29, 0.717) is 9.67 Å². The van der Waals surface area contributed by atoms with E-state index in [-0.39, 0.29) is 4.90 Å². The molecule has 3 aromatic rings. The molecule has 0 aliphatic rings. The van der Waals surface area contributed by atoms with E-state index < -0.39 is 15.6 Å². The molecule has 0 fully saturated rings. The second-order valence-electron chi connectivity index (χ2n) is 7.92. The van der Waals surface area contributed by atoms with Crippen LogP contribution in [0.3, 0.4) is 0 Å². The Kier molecular flexibility index (Phi) is 6.28. The molecule has 0 atom stereocenters. The number of rotatable bonds is 5. The first-order valence-corrected chi connectivity index (χ1v) is 12.8. The number of benzene rings is 2.